The Morgan fingerprint density at radius 1 is 0.339 bits per heavy atom. The van der Waals surface area contributed by atoms with Gasteiger partial charge in [0.25, 0.3) is 0 Å². The molecule has 0 fully saturated rings. The standard InChI is InChI=1S/C56H36N2S/c1-3-13-37(14-4-1)38-27-29-42(30-28-38)57(43-31-33-52-49(35-43)46-20-9-10-23-51(46)58(52)41-17-5-2-6-18-41)44-32-34-53-50(36-44)56-48(22-12-24-54(56)59-53)47-21-11-16-40-26-25-39-15-7-8-19-45(39)55(40)47/h1-36H. The van der Waals surface area contributed by atoms with E-state index in [0.717, 1.165) is 22.7 Å². The van der Waals surface area contributed by atoms with Crippen LogP contribution < -0.4 is 4.90 Å². The average Bonchev–Trinajstić information content (AvgIpc) is 3.85. The fourth-order valence-electron chi connectivity index (χ4n) is 9.30. The molecule has 0 saturated carbocycles. The van der Waals surface area contributed by atoms with E-state index in [-0.39, 0.29) is 0 Å². The van der Waals surface area contributed by atoms with Crippen LogP contribution in [0.1, 0.15) is 0 Å². The van der Waals surface area contributed by atoms with Gasteiger partial charge in [-0.3, -0.25) is 0 Å². The van der Waals surface area contributed by atoms with Crippen LogP contribution >= 0.6 is 11.3 Å². The highest BCUT2D eigenvalue weighted by Gasteiger charge is 2.20. The summed E-state index contributed by atoms with van der Waals surface area (Å²) < 4.78 is 4.96. The van der Waals surface area contributed by atoms with Crippen LogP contribution in [-0.2, 0) is 0 Å². The van der Waals surface area contributed by atoms with Gasteiger partial charge in [-0.1, -0.05) is 146 Å². The predicted octanol–water partition coefficient (Wildman–Crippen LogP) is 16.3. The average molecular weight is 769 g/mol. The Balaban J connectivity index is 1.09. The second kappa shape index (κ2) is 13.6. The number of thiophene rings is 1. The minimum absolute atomic E-state index is 1.11. The molecule has 0 atom stereocenters. The molecule has 12 rings (SSSR count). The molecule has 0 aliphatic heterocycles. The number of para-hydroxylation sites is 2. The van der Waals surface area contributed by atoms with Gasteiger partial charge in [-0.15, -0.1) is 11.3 Å². The van der Waals surface area contributed by atoms with E-state index in [1.807, 2.05) is 11.3 Å². The summed E-state index contributed by atoms with van der Waals surface area (Å²) in [6, 6.07) is 80.0. The van der Waals surface area contributed by atoms with E-state index in [9.17, 15) is 0 Å². The summed E-state index contributed by atoms with van der Waals surface area (Å²) in [5, 5.41) is 10.1. The Morgan fingerprint density at radius 3 is 1.76 bits per heavy atom. The van der Waals surface area contributed by atoms with Crippen LogP contribution in [0.2, 0.25) is 0 Å². The molecule has 2 heterocycles. The molecule has 0 aliphatic carbocycles. The van der Waals surface area contributed by atoms with Crippen molar-refractivity contribution in [3.05, 3.63) is 218 Å². The number of anilines is 3. The number of benzene rings is 10. The van der Waals surface area contributed by atoms with Gasteiger partial charge in [-0.05, 0) is 117 Å². The third-order valence-corrected chi connectivity index (χ3v) is 13.1. The van der Waals surface area contributed by atoms with Gasteiger partial charge in [-0.25, -0.2) is 0 Å². The van der Waals surface area contributed by atoms with Gasteiger partial charge >= 0.3 is 0 Å². The van der Waals surface area contributed by atoms with Gasteiger partial charge in [0.1, 0.15) is 0 Å². The Bertz CT molecular complexity index is 3540. The van der Waals surface area contributed by atoms with Crippen LogP contribution in [0, 0.1) is 0 Å². The third-order valence-electron chi connectivity index (χ3n) is 12.0. The lowest BCUT2D eigenvalue weighted by atomic mass is 9.91. The molecule has 3 heteroatoms. The largest absolute Gasteiger partial charge is 0.310 e. The summed E-state index contributed by atoms with van der Waals surface area (Å²) >= 11 is 1.87. The molecular formula is C56H36N2S. The first-order valence-electron chi connectivity index (χ1n) is 20.2. The molecule has 0 spiro atoms. The lowest BCUT2D eigenvalue weighted by molar-refractivity contribution is 1.18. The smallest absolute Gasteiger partial charge is 0.0542 e. The highest BCUT2D eigenvalue weighted by molar-refractivity contribution is 7.26. The summed E-state index contributed by atoms with van der Waals surface area (Å²) in [6.45, 7) is 0. The second-order valence-corrected chi connectivity index (χ2v) is 16.4. The Labute approximate surface area is 346 Å². The summed E-state index contributed by atoms with van der Waals surface area (Å²) in [5.74, 6) is 0. The van der Waals surface area contributed by atoms with Crippen molar-refractivity contribution >= 4 is 91.9 Å². The molecule has 0 saturated heterocycles. The maximum atomic E-state index is 2.43. The molecule has 2 nitrogen and oxygen atoms in total. The van der Waals surface area contributed by atoms with Crippen molar-refractivity contribution in [3.63, 3.8) is 0 Å². The molecule has 0 unspecified atom stereocenters. The molecule has 10 aromatic carbocycles. The minimum Gasteiger partial charge on any atom is -0.310 e. The van der Waals surface area contributed by atoms with Crippen LogP contribution in [-0.4, -0.2) is 4.57 Å². The Kier molecular flexibility index (Phi) is 7.75. The Hall–Kier alpha value is -7.46. The van der Waals surface area contributed by atoms with Crippen molar-refractivity contribution < 1.29 is 0 Å². The van der Waals surface area contributed by atoms with Crippen molar-refractivity contribution in [1.82, 2.24) is 4.57 Å². The first-order valence-corrected chi connectivity index (χ1v) is 21.0. The zero-order chi connectivity index (χ0) is 38.9. The van der Waals surface area contributed by atoms with E-state index in [4.69, 9.17) is 0 Å². The summed E-state index contributed by atoms with van der Waals surface area (Å²) in [4.78, 5) is 2.43. The highest BCUT2D eigenvalue weighted by atomic mass is 32.1. The fourth-order valence-corrected chi connectivity index (χ4v) is 10.4. The van der Waals surface area contributed by atoms with Crippen LogP contribution in [0.4, 0.5) is 17.1 Å². The van der Waals surface area contributed by atoms with Crippen molar-refractivity contribution in [1.29, 1.82) is 0 Å². The van der Waals surface area contributed by atoms with Crippen LogP contribution in [0.15, 0.2) is 218 Å². The zero-order valence-electron chi connectivity index (χ0n) is 32.1. The van der Waals surface area contributed by atoms with Gasteiger partial charge in [-0.2, -0.15) is 0 Å². The SMILES string of the molecule is c1ccc(-c2ccc(N(c3ccc4sc5cccc(-c6cccc7ccc8ccccc8c67)c5c4c3)c3ccc4c(c3)c3ccccc3n4-c3ccccc3)cc2)cc1. The molecule has 0 radical (unpaired) electrons. The fraction of sp³-hybridized carbons (Fsp3) is 0. The second-order valence-electron chi connectivity index (χ2n) is 15.3. The molecule has 0 bridgehead atoms. The van der Waals surface area contributed by atoms with E-state index >= 15 is 0 Å². The maximum Gasteiger partial charge on any atom is 0.0542 e. The van der Waals surface area contributed by atoms with Gasteiger partial charge in [0.05, 0.1) is 11.0 Å². The lowest BCUT2D eigenvalue weighted by Crippen LogP contribution is -2.09. The van der Waals surface area contributed by atoms with Crippen LogP contribution in [0.5, 0.6) is 0 Å². The number of fused-ring (bicyclic) bond motifs is 9. The van der Waals surface area contributed by atoms with E-state index in [0.29, 0.717) is 0 Å². The molecule has 276 valence electrons. The molecule has 2 aromatic heterocycles. The van der Waals surface area contributed by atoms with Gasteiger partial charge in [0.15, 0.2) is 0 Å². The predicted molar refractivity (Wildman–Crippen MR) is 254 cm³/mol. The van der Waals surface area contributed by atoms with E-state index in [1.54, 1.807) is 0 Å². The highest BCUT2D eigenvalue weighted by Crippen LogP contribution is 2.46. The van der Waals surface area contributed by atoms with Gasteiger partial charge in [0.2, 0.25) is 0 Å². The number of hydrogen-bond acceptors (Lipinski definition) is 2. The lowest BCUT2D eigenvalue weighted by Gasteiger charge is -2.26. The van der Waals surface area contributed by atoms with Crippen molar-refractivity contribution in [2.24, 2.45) is 0 Å². The van der Waals surface area contributed by atoms with Crippen LogP contribution in [0.25, 0.3) is 91.5 Å². The first kappa shape index (κ1) is 33.7. The molecule has 59 heavy (non-hydrogen) atoms. The quantitative estimate of drug-likeness (QED) is 0.153. The molecule has 0 N–H and O–H groups in total. The normalized spacial score (nSPS) is 11.7. The van der Waals surface area contributed by atoms with Crippen molar-refractivity contribution in [2.45, 2.75) is 0 Å². The number of aromatic nitrogens is 1. The number of hydrogen-bond donors (Lipinski definition) is 0. The van der Waals surface area contributed by atoms with Crippen LogP contribution in [0.3, 0.4) is 0 Å². The maximum absolute atomic E-state index is 2.43. The topological polar surface area (TPSA) is 8.17 Å². The number of nitrogens with zero attached hydrogens (tertiary/aromatic N) is 2. The monoisotopic (exact) mass is 768 g/mol. The molecular weight excluding hydrogens is 733 g/mol. The number of rotatable bonds is 6. The molecule has 0 aliphatic rings. The molecule has 0 amide bonds. The Morgan fingerprint density at radius 2 is 0.932 bits per heavy atom. The van der Waals surface area contributed by atoms with E-state index in [1.165, 1.54) is 85.8 Å². The third kappa shape index (κ3) is 5.47. The zero-order valence-corrected chi connectivity index (χ0v) is 32.9. The summed E-state index contributed by atoms with van der Waals surface area (Å²) in [5.41, 5.74) is 11.8. The van der Waals surface area contributed by atoms with Gasteiger partial charge in [0, 0.05) is 53.7 Å². The summed E-state index contributed by atoms with van der Waals surface area (Å²) in [6.07, 6.45) is 0. The summed E-state index contributed by atoms with van der Waals surface area (Å²) in [7, 11) is 0. The minimum atomic E-state index is 1.11. The van der Waals surface area contributed by atoms with Crippen molar-refractivity contribution in [3.8, 4) is 27.9 Å². The van der Waals surface area contributed by atoms with E-state index in [2.05, 4.69) is 228 Å². The van der Waals surface area contributed by atoms with Crippen molar-refractivity contribution in [2.75, 3.05) is 4.90 Å². The van der Waals surface area contributed by atoms with E-state index < -0.39 is 0 Å². The molecule has 12 aromatic rings. The van der Waals surface area contributed by atoms with Gasteiger partial charge < -0.3 is 9.47 Å². The first-order chi connectivity index (χ1) is 29.3.